The maximum absolute atomic E-state index is 11.3. The van der Waals surface area contributed by atoms with Crippen molar-refractivity contribution in [1.82, 2.24) is 4.98 Å². The minimum atomic E-state index is -1.01. The van der Waals surface area contributed by atoms with Gasteiger partial charge in [-0.15, -0.1) is 11.8 Å². The predicted molar refractivity (Wildman–Crippen MR) is 169 cm³/mol. The van der Waals surface area contributed by atoms with Gasteiger partial charge in [0, 0.05) is 33.1 Å². The fourth-order valence-electron chi connectivity index (χ4n) is 5.27. The van der Waals surface area contributed by atoms with Crippen molar-refractivity contribution in [3.05, 3.63) is 112 Å². The van der Waals surface area contributed by atoms with Gasteiger partial charge in [-0.1, -0.05) is 86.1 Å². The summed E-state index contributed by atoms with van der Waals surface area (Å²) in [6, 6.07) is 26.7. The molecule has 0 aliphatic rings. The van der Waals surface area contributed by atoms with Crippen LogP contribution in [0, 0.1) is 5.41 Å². The van der Waals surface area contributed by atoms with Crippen molar-refractivity contribution in [2.75, 3.05) is 0 Å². The van der Waals surface area contributed by atoms with Crippen LogP contribution in [0.5, 0.6) is 0 Å². The first-order valence-corrected chi connectivity index (χ1v) is 15.6. The van der Waals surface area contributed by atoms with Gasteiger partial charge in [-0.05, 0) is 91.8 Å². The molecule has 42 heavy (non-hydrogen) atoms. The molecule has 7 heteroatoms. The monoisotopic (exact) mass is 611 g/mol. The zero-order chi connectivity index (χ0) is 29.6. The molecule has 0 aliphatic carbocycles. The summed E-state index contributed by atoms with van der Waals surface area (Å²) in [7, 11) is 0. The number of carbonyl (C=O) groups excluding carboxylic acids is 1. The number of pyridine rings is 1. The quantitative estimate of drug-likeness (QED) is 0.219. The average molecular weight is 612 g/mol. The molecule has 0 saturated carbocycles. The van der Waals surface area contributed by atoms with Crippen LogP contribution < -0.4 is 34.7 Å². The molecule has 4 aromatic rings. The number of benzene rings is 3. The van der Waals surface area contributed by atoms with E-state index in [1.807, 2.05) is 75.9 Å². The Labute approximate surface area is 281 Å². The third-order valence-corrected chi connectivity index (χ3v) is 9.15. The van der Waals surface area contributed by atoms with Crippen molar-refractivity contribution in [3.63, 3.8) is 0 Å². The van der Waals surface area contributed by atoms with Crippen molar-refractivity contribution in [2.45, 2.75) is 76.4 Å². The van der Waals surface area contributed by atoms with Crippen molar-refractivity contribution >= 4 is 40.2 Å². The number of carbonyl (C=O) groups is 1. The van der Waals surface area contributed by atoms with Gasteiger partial charge in [-0.2, -0.15) is 0 Å². The van der Waals surface area contributed by atoms with Crippen LogP contribution in [0.25, 0.3) is 10.9 Å². The molecule has 0 spiro atoms. The summed E-state index contributed by atoms with van der Waals surface area (Å²) >= 11 is 8.02. The molecule has 0 fully saturated rings. The number of rotatable bonds is 13. The SMILES string of the molecule is CC(C)(CC[C@@H](SCc1ccccc1C(C)(C)O)c1cccc(CCc2ccc3ccc(Cl)cc3n2)c1)CC(=O)[O-].[Na+]. The van der Waals surface area contributed by atoms with E-state index in [0.717, 1.165) is 59.2 Å². The first-order valence-electron chi connectivity index (χ1n) is 14.2. The van der Waals surface area contributed by atoms with E-state index in [0.29, 0.717) is 5.02 Å². The standard InChI is InChI=1S/C35H40ClNO3S.Na/c1-34(2,22-33(38)39)19-18-32(41-23-27-9-5-6-11-30(27)35(3,4)40)26-10-7-8-24(20-26)12-16-29-17-14-25-13-15-28(36)21-31(25)37-29;/h5-11,13-15,17,20-21,32,40H,12,16,18-19,22-23H2,1-4H3,(H,38,39);/q;+1/p-1/t32-;/m1./s1. The summed E-state index contributed by atoms with van der Waals surface area (Å²) in [5, 5.41) is 24.0. The van der Waals surface area contributed by atoms with Crippen LogP contribution in [0.4, 0.5) is 0 Å². The second-order valence-electron chi connectivity index (χ2n) is 12.2. The third-order valence-electron chi connectivity index (χ3n) is 7.53. The Hall–Kier alpha value is -1.86. The Morgan fingerprint density at radius 2 is 1.71 bits per heavy atom. The predicted octanol–water partition coefficient (Wildman–Crippen LogP) is 4.83. The van der Waals surface area contributed by atoms with E-state index >= 15 is 0 Å². The summed E-state index contributed by atoms with van der Waals surface area (Å²) in [6.45, 7) is 7.63. The van der Waals surface area contributed by atoms with Crippen LogP contribution in [0.2, 0.25) is 5.02 Å². The fourth-order valence-corrected chi connectivity index (χ4v) is 6.70. The Kier molecular flexibility index (Phi) is 12.6. The third kappa shape index (κ3) is 10.1. The van der Waals surface area contributed by atoms with E-state index in [4.69, 9.17) is 16.6 Å². The van der Waals surface area contributed by atoms with E-state index in [2.05, 4.69) is 42.5 Å². The number of aromatic nitrogens is 1. The number of thioether (sulfide) groups is 1. The molecule has 1 aromatic heterocycles. The Morgan fingerprint density at radius 3 is 2.45 bits per heavy atom. The maximum Gasteiger partial charge on any atom is 1.00 e. The molecule has 1 atom stereocenters. The zero-order valence-corrected chi connectivity index (χ0v) is 28.9. The fraction of sp³-hybridized carbons (Fsp3) is 0.371. The largest absolute Gasteiger partial charge is 1.00 e. The van der Waals surface area contributed by atoms with Crippen LogP contribution in [0.3, 0.4) is 0 Å². The number of aliphatic carboxylic acids is 1. The van der Waals surface area contributed by atoms with Gasteiger partial charge in [0.05, 0.1) is 11.1 Å². The summed E-state index contributed by atoms with van der Waals surface area (Å²) in [4.78, 5) is 16.2. The molecular formula is C35H39ClNNaO3S. The van der Waals surface area contributed by atoms with E-state index in [9.17, 15) is 15.0 Å². The molecule has 1 N–H and O–H groups in total. The maximum atomic E-state index is 11.3. The first kappa shape index (κ1) is 34.6. The molecule has 216 valence electrons. The van der Waals surface area contributed by atoms with E-state index in [1.165, 1.54) is 11.1 Å². The molecular weight excluding hydrogens is 573 g/mol. The molecule has 0 aliphatic heterocycles. The van der Waals surface area contributed by atoms with Gasteiger partial charge in [-0.25, -0.2) is 0 Å². The molecule has 4 nitrogen and oxygen atoms in total. The number of halogens is 1. The van der Waals surface area contributed by atoms with Crippen molar-refractivity contribution in [1.29, 1.82) is 0 Å². The molecule has 0 saturated heterocycles. The number of aliphatic hydroxyl groups is 1. The second kappa shape index (κ2) is 15.2. The van der Waals surface area contributed by atoms with Crippen LogP contribution in [0.1, 0.15) is 80.2 Å². The number of carboxylic acid groups (broad SMARTS) is 1. The van der Waals surface area contributed by atoms with Crippen molar-refractivity contribution in [3.8, 4) is 0 Å². The number of hydrogen-bond donors (Lipinski definition) is 1. The number of fused-ring (bicyclic) bond motifs is 1. The van der Waals surface area contributed by atoms with Crippen molar-refractivity contribution < 1.29 is 44.6 Å². The summed E-state index contributed by atoms with van der Waals surface area (Å²) in [5.74, 6) is -0.260. The minimum Gasteiger partial charge on any atom is -0.550 e. The van der Waals surface area contributed by atoms with Crippen LogP contribution >= 0.6 is 23.4 Å². The van der Waals surface area contributed by atoms with E-state index in [1.54, 1.807) is 0 Å². The molecule has 0 amide bonds. The van der Waals surface area contributed by atoms with Crippen molar-refractivity contribution in [2.24, 2.45) is 5.41 Å². The summed E-state index contributed by atoms with van der Waals surface area (Å²) in [6.07, 6.45) is 3.32. The number of carboxylic acids is 1. The molecule has 3 aromatic carbocycles. The van der Waals surface area contributed by atoms with E-state index < -0.39 is 11.6 Å². The molecule has 0 radical (unpaired) electrons. The Bertz CT molecular complexity index is 1500. The van der Waals surface area contributed by atoms with Gasteiger partial charge in [0.15, 0.2) is 0 Å². The summed E-state index contributed by atoms with van der Waals surface area (Å²) in [5.41, 5.74) is 5.18. The van der Waals surface area contributed by atoms with Gasteiger partial charge in [0.1, 0.15) is 0 Å². The first-order chi connectivity index (χ1) is 19.4. The smallest absolute Gasteiger partial charge is 0.550 e. The topological polar surface area (TPSA) is 73.2 Å². The van der Waals surface area contributed by atoms with Gasteiger partial charge in [0.25, 0.3) is 0 Å². The van der Waals surface area contributed by atoms with E-state index in [-0.39, 0.29) is 46.6 Å². The van der Waals surface area contributed by atoms with Crippen LogP contribution in [-0.2, 0) is 29.0 Å². The normalized spacial score (nSPS) is 12.6. The zero-order valence-electron chi connectivity index (χ0n) is 25.3. The summed E-state index contributed by atoms with van der Waals surface area (Å²) < 4.78 is 0. The number of aryl methyl sites for hydroxylation is 2. The second-order valence-corrected chi connectivity index (χ2v) is 13.8. The molecule has 4 rings (SSSR count). The average Bonchev–Trinajstić information content (AvgIpc) is 2.90. The minimum absolute atomic E-state index is 0. The van der Waals surface area contributed by atoms with Gasteiger partial charge >= 0.3 is 29.6 Å². The Morgan fingerprint density at radius 1 is 0.976 bits per heavy atom. The van der Waals surface area contributed by atoms with Gasteiger partial charge in [0.2, 0.25) is 0 Å². The van der Waals surface area contributed by atoms with Gasteiger partial charge in [-0.3, -0.25) is 4.98 Å². The molecule has 0 unspecified atom stereocenters. The van der Waals surface area contributed by atoms with Gasteiger partial charge < -0.3 is 15.0 Å². The number of nitrogens with zero attached hydrogens (tertiary/aromatic N) is 1. The van der Waals surface area contributed by atoms with Crippen LogP contribution in [-0.4, -0.2) is 16.1 Å². The van der Waals surface area contributed by atoms with Crippen LogP contribution in [0.15, 0.2) is 78.9 Å². The molecule has 0 bridgehead atoms. The Balaban J connectivity index is 0.00000484. The molecule has 1 heterocycles. The number of hydrogen-bond acceptors (Lipinski definition) is 5.